The highest BCUT2D eigenvalue weighted by atomic mass is 32.1. The summed E-state index contributed by atoms with van der Waals surface area (Å²) in [5, 5.41) is 0. The molecule has 0 amide bonds. The Morgan fingerprint density at radius 3 is 1.78 bits per heavy atom. The molecule has 0 bridgehead atoms. The standard InChI is InChI=1S/C5H5N.CH2S2/c1-2-4-6-5-3-1;2-1-3/h1-5H;1H,(H,2,3). The molecule has 0 saturated carbocycles. The van der Waals surface area contributed by atoms with Crippen molar-refractivity contribution in [2.24, 2.45) is 0 Å². The summed E-state index contributed by atoms with van der Waals surface area (Å²) in [7, 11) is 0. The van der Waals surface area contributed by atoms with Crippen molar-refractivity contribution >= 4 is 29.5 Å². The van der Waals surface area contributed by atoms with E-state index in [1.165, 1.54) is 4.70 Å². The second-order valence-electron chi connectivity index (χ2n) is 1.13. The summed E-state index contributed by atoms with van der Waals surface area (Å²) >= 11 is 7.61. The molecule has 0 N–H and O–H groups in total. The van der Waals surface area contributed by atoms with E-state index in [1.807, 2.05) is 18.2 Å². The van der Waals surface area contributed by atoms with Gasteiger partial charge in [-0.2, -0.15) is 0 Å². The van der Waals surface area contributed by atoms with Crippen molar-refractivity contribution in [1.29, 1.82) is 0 Å². The third-order valence-electron chi connectivity index (χ3n) is 0.566. The second-order valence-corrected chi connectivity index (χ2v) is 1.97. The monoisotopic (exact) mass is 157 g/mol. The molecular weight excluding hydrogens is 150 g/mol. The minimum atomic E-state index is 1.28. The van der Waals surface area contributed by atoms with E-state index in [-0.39, 0.29) is 0 Å². The molecule has 1 rings (SSSR count). The van der Waals surface area contributed by atoms with Gasteiger partial charge in [0.1, 0.15) is 0 Å². The van der Waals surface area contributed by atoms with Crippen LogP contribution in [0, 0.1) is 0 Å². The Hall–Kier alpha value is -0.410. The molecular formula is C6H7NS2. The molecule has 9 heavy (non-hydrogen) atoms. The summed E-state index contributed by atoms with van der Waals surface area (Å²) in [5.41, 5.74) is 0. The van der Waals surface area contributed by atoms with E-state index in [1.54, 1.807) is 12.4 Å². The van der Waals surface area contributed by atoms with Crippen LogP contribution in [-0.2, 0) is 0 Å². The summed E-state index contributed by atoms with van der Waals surface area (Å²) in [6, 6.07) is 5.72. The van der Waals surface area contributed by atoms with Gasteiger partial charge in [0, 0.05) is 17.1 Å². The first kappa shape index (κ1) is 8.59. The molecule has 1 aromatic heterocycles. The van der Waals surface area contributed by atoms with Gasteiger partial charge < -0.3 is 0 Å². The highest BCUT2D eigenvalue weighted by Gasteiger charge is 1.58. The van der Waals surface area contributed by atoms with Gasteiger partial charge in [-0.05, 0) is 12.1 Å². The molecule has 3 heteroatoms. The summed E-state index contributed by atoms with van der Waals surface area (Å²) in [4.78, 5) is 3.78. The first-order valence-corrected chi connectivity index (χ1v) is 3.33. The van der Waals surface area contributed by atoms with Crippen LogP contribution in [0.15, 0.2) is 30.6 Å². The van der Waals surface area contributed by atoms with Crippen LogP contribution in [0.2, 0.25) is 0 Å². The third-order valence-corrected chi connectivity index (χ3v) is 0.566. The fourth-order valence-electron chi connectivity index (χ4n) is 0.313. The van der Waals surface area contributed by atoms with Crippen LogP contribution in [0.3, 0.4) is 0 Å². The lowest BCUT2D eigenvalue weighted by Gasteiger charge is -1.70. The van der Waals surface area contributed by atoms with Crippen molar-refractivity contribution in [2.75, 3.05) is 0 Å². The van der Waals surface area contributed by atoms with Crippen LogP contribution in [0.5, 0.6) is 0 Å². The van der Waals surface area contributed by atoms with Crippen molar-refractivity contribution in [3.8, 4) is 0 Å². The largest absolute Gasteiger partial charge is 0.265 e. The van der Waals surface area contributed by atoms with Crippen molar-refractivity contribution in [1.82, 2.24) is 4.98 Å². The van der Waals surface area contributed by atoms with Gasteiger partial charge in [-0.1, -0.05) is 18.3 Å². The molecule has 0 saturated heterocycles. The lowest BCUT2D eigenvalue weighted by Crippen LogP contribution is -1.58. The summed E-state index contributed by atoms with van der Waals surface area (Å²) in [5.74, 6) is 0. The van der Waals surface area contributed by atoms with Crippen LogP contribution in [-0.4, -0.2) is 9.68 Å². The highest BCUT2D eigenvalue weighted by molar-refractivity contribution is 8.08. The maximum Gasteiger partial charge on any atom is 0.0310 e. The van der Waals surface area contributed by atoms with E-state index in [0.717, 1.165) is 0 Å². The Morgan fingerprint density at radius 1 is 1.22 bits per heavy atom. The number of hydrogen-bond acceptors (Lipinski definition) is 2. The highest BCUT2D eigenvalue weighted by Crippen LogP contribution is 1.73. The second kappa shape index (κ2) is 7.59. The van der Waals surface area contributed by atoms with Crippen LogP contribution < -0.4 is 0 Å². The number of thiol groups is 1. The number of nitrogens with zero attached hydrogens (tertiary/aromatic N) is 1. The van der Waals surface area contributed by atoms with Gasteiger partial charge >= 0.3 is 0 Å². The maximum absolute atomic E-state index is 4.13. The van der Waals surface area contributed by atoms with E-state index in [0.29, 0.717) is 0 Å². The van der Waals surface area contributed by atoms with E-state index in [2.05, 4.69) is 29.8 Å². The zero-order valence-electron chi connectivity index (χ0n) is 4.77. The Labute approximate surface area is 65.5 Å². The Balaban J connectivity index is 0.000000187. The SMILES string of the molecule is S=CS.c1ccncc1. The molecule has 0 spiro atoms. The van der Waals surface area contributed by atoms with E-state index in [9.17, 15) is 0 Å². The average molecular weight is 157 g/mol. The van der Waals surface area contributed by atoms with Crippen molar-refractivity contribution in [3.63, 3.8) is 0 Å². The number of thiocarbonyl (C=S) groups is 1. The predicted molar refractivity (Wildman–Crippen MR) is 46.9 cm³/mol. The summed E-state index contributed by atoms with van der Waals surface area (Å²) in [6.07, 6.45) is 3.50. The van der Waals surface area contributed by atoms with Crippen molar-refractivity contribution in [3.05, 3.63) is 30.6 Å². The minimum Gasteiger partial charge on any atom is -0.265 e. The number of aromatic nitrogens is 1. The van der Waals surface area contributed by atoms with Crippen molar-refractivity contribution in [2.45, 2.75) is 0 Å². The summed E-state index contributed by atoms with van der Waals surface area (Å²) < 4.78 is 1.28. The maximum atomic E-state index is 4.13. The average Bonchev–Trinajstić information content (AvgIpc) is 1.93. The fraction of sp³-hybridized carbons (Fsp3) is 0. The fourth-order valence-corrected chi connectivity index (χ4v) is 0.313. The van der Waals surface area contributed by atoms with Crippen LogP contribution in [0.4, 0.5) is 0 Å². The molecule has 0 radical (unpaired) electrons. The van der Waals surface area contributed by atoms with E-state index >= 15 is 0 Å². The van der Waals surface area contributed by atoms with Gasteiger partial charge in [-0.15, -0.1) is 12.6 Å². The van der Waals surface area contributed by atoms with Crippen molar-refractivity contribution < 1.29 is 0 Å². The Kier molecular flexibility index (Phi) is 7.24. The molecule has 0 fully saturated rings. The zero-order valence-corrected chi connectivity index (χ0v) is 6.48. The molecule has 0 aliphatic carbocycles. The zero-order chi connectivity index (χ0) is 6.95. The molecule has 0 aromatic carbocycles. The topological polar surface area (TPSA) is 12.9 Å². The number of rotatable bonds is 0. The molecule has 0 unspecified atom stereocenters. The molecule has 0 aliphatic heterocycles. The van der Waals surface area contributed by atoms with Crippen LogP contribution >= 0.6 is 24.8 Å². The third kappa shape index (κ3) is 7.59. The van der Waals surface area contributed by atoms with Gasteiger partial charge in [0.15, 0.2) is 0 Å². The predicted octanol–water partition coefficient (Wildman–Crippen LogP) is 1.95. The van der Waals surface area contributed by atoms with Crippen LogP contribution in [0.1, 0.15) is 0 Å². The normalized spacial score (nSPS) is 6.78. The Bertz CT molecular complexity index is 114. The first-order valence-electron chi connectivity index (χ1n) is 2.34. The number of hydrogen-bond donors (Lipinski definition) is 1. The molecule has 0 atom stereocenters. The molecule has 1 aromatic rings. The van der Waals surface area contributed by atoms with Gasteiger partial charge in [-0.25, -0.2) is 0 Å². The van der Waals surface area contributed by atoms with E-state index in [4.69, 9.17) is 0 Å². The van der Waals surface area contributed by atoms with Crippen LogP contribution in [0.25, 0.3) is 0 Å². The number of pyridine rings is 1. The van der Waals surface area contributed by atoms with E-state index < -0.39 is 0 Å². The molecule has 1 nitrogen and oxygen atoms in total. The quantitative estimate of drug-likeness (QED) is 0.456. The van der Waals surface area contributed by atoms with Gasteiger partial charge in [0.25, 0.3) is 0 Å². The molecule has 1 heterocycles. The van der Waals surface area contributed by atoms with Gasteiger partial charge in [0.05, 0.1) is 0 Å². The smallest absolute Gasteiger partial charge is 0.0310 e. The lowest BCUT2D eigenvalue weighted by atomic mass is 10.5. The van der Waals surface area contributed by atoms with Gasteiger partial charge in [-0.3, -0.25) is 4.98 Å². The summed E-state index contributed by atoms with van der Waals surface area (Å²) in [6.45, 7) is 0. The van der Waals surface area contributed by atoms with Gasteiger partial charge in [0.2, 0.25) is 0 Å². The first-order chi connectivity index (χ1) is 4.41. The Morgan fingerprint density at radius 2 is 1.67 bits per heavy atom. The molecule has 48 valence electrons. The lowest BCUT2D eigenvalue weighted by molar-refractivity contribution is 1.33. The minimum absolute atomic E-state index is 1.28. The molecule has 0 aliphatic rings.